The molecule has 0 radical (unpaired) electrons. The van der Waals surface area contributed by atoms with Gasteiger partial charge in [0.25, 0.3) is 5.79 Å². The van der Waals surface area contributed by atoms with E-state index in [2.05, 4.69) is 29.2 Å². The second-order valence-electron chi connectivity index (χ2n) is 2.66. The molecule has 1 aliphatic heterocycles. The Bertz CT molecular complexity index is 218. The first-order valence-corrected chi connectivity index (χ1v) is 5.37. The van der Waals surface area contributed by atoms with Crippen LogP contribution in [0.2, 0.25) is 0 Å². The molecule has 1 saturated heterocycles. The van der Waals surface area contributed by atoms with Gasteiger partial charge in [0.2, 0.25) is 0 Å². The second-order valence-corrected chi connectivity index (χ2v) is 3.42. The van der Waals surface area contributed by atoms with E-state index in [1.807, 2.05) is 0 Å². The Morgan fingerprint density at radius 2 is 2.54 bits per heavy atom. The van der Waals surface area contributed by atoms with Crippen LogP contribution in [0, 0.1) is 0 Å². The summed E-state index contributed by atoms with van der Waals surface area (Å²) >= 11 is 2.09. The summed E-state index contributed by atoms with van der Waals surface area (Å²) < 4.78 is 15.7. The summed E-state index contributed by atoms with van der Waals surface area (Å²) in [5.74, 6) is -0.939. The average Bonchev–Trinajstić information content (AvgIpc) is 2.38. The molecule has 0 spiro atoms. The van der Waals surface area contributed by atoms with E-state index in [0.717, 1.165) is 0 Å². The summed E-state index contributed by atoms with van der Waals surface area (Å²) in [5, 5.41) is 0. The quantitative estimate of drug-likeness (QED) is 0.344. The first kappa shape index (κ1) is 10.8. The molecule has 0 aliphatic carbocycles. The van der Waals surface area contributed by atoms with Crippen molar-refractivity contribution in [1.82, 2.24) is 0 Å². The third-order valence-electron chi connectivity index (χ3n) is 1.78. The van der Waals surface area contributed by atoms with Crippen molar-refractivity contribution in [3.8, 4) is 0 Å². The van der Waals surface area contributed by atoms with Gasteiger partial charge >= 0.3 is 6.16 Å². The van der Waals surface area contributed by atoms with Crippen LogP contribution in [0.3, 0.4) is 0 Å². The SMILES string of the molecule is C=CCOC1(CI)OC(=O)OC1C. The van der Waals surface area contributed by atoms with Gasteiger partial charge in [-0.15, -0.1) is 6.58 Å². The highest BCUT2D eigenvalue weighted by molar-refractivity contribution is 14.1. The number of halogens is 1. The zero-order chi connectivity index (χ0) is 9.90. The van der Waals surface area contributed by atoms with Crippen LogP contribution in [-0.4, -0.2) is 29.1 Å². The number of cyclic esters (lactones) is 2. The van der Waals surface area contributed by atoms with Gasteiger partial charge in [-0.1, -0.05) is 28.7 Å². The van der Waals surface area contributed by atoms with Crippen molar-refractivity contribution < 1.29 is 19.0 Å². The standard InChI is InChI=1S/C8H11IO4/c1-3-4-11-8(5-9)6(2)12-7(10)13-8/h3,6H,1,4-5H2,2H3. The Balaban J connectivity index is 2.67. The van der Waals surface area contributed by atoms with Crippen LogP contribution in [0.1, 0.15) is 6.92 Å². The number of hydrogen-bond donors (Lipinski definition) is 0. The van der Waals surface area contributed by atoms with E-state index < -0.39 is 11.9 Å². The Morgan fingerprint density at radius 3 is 2.92 bits per heavy atom. The lowest BCUT2D eigenvalue weighted by atomic mass is 10.2. The van der Waals surface area contributed by atoms with E-state index >= 15 is 0 Å². The first-order chi connectivity index (χ1) is 6.14. The van der Waals surface area contributed by atoms with Gasteiger partial charge in [0.05, 0.1) is 11.0 Å². The van der Waals surface area contributed by atoms with Crippen molar-refractivity contribution in [2.75, 3.05) is 11.0 Å². The molecule has 5 heteroatoms. The van der Waals surface area contributed by atoms with Gasteiger partial charge in [0.1, 0.15) is 0 Å². The van der Waals surface area contributed by atoms with Crippen LogP contribution in [0.4, 0.5) is 4.79 Å². The molecule has 0 aromatic heterocycles. The number of hydrogen-bond acceptors (Lipinski definition) is 4. The molecule has 1 heterocycles. The Kier molecular flexibility index (Phi) is 3.55. The van der Waals surface area contributed by atoms with Crippen LogP contribution in [0.15, 0.2) is 12.7 Å². The monoisotopic (exact) mass is 298 g/mol. The number of alkyl halides is 1. The van der Waals surface area contributed by atoms with Crippen LogP contribution < -0.4 is 0 Å². The topological polar surface area (TPSA) is 44.8 Å². The van der Waals surface area contributed by atoms with Crippen LogP contribution >= 0.6 is 22.6 Å². The highest BCUT2D eigenvalue weighted by Gasteiger charge is 2.49. The lowest BCUT2D eigenvalue weighted by molar-refractivity contribution is -0.172. The molecular formula is C8H11IO4. The molecule has 0 saturated carbocycles. The van der Waals surface area contributed by atoms with Crippen molar-refractivity contribution >= 4 is 28.7 Å². The van der Waals surface area contributed by atoms with E-state index in [4.69, 9.17) is 14.2 Å². The zero-order valence-corrected chi connectivity index (χ0v) is 9.44. The van der Waals surface area contributed by atoms with Gasteiger partial charge in [-0.3, -0.25) is 0 Å². The fourth-order valence-electron chi connectivity index (χ4n) is 1.00. The Hall–Kier alpha value is -0.300. The normalized spacial score (nSPS) is 32.5. The second kappa shape index (κ2) is 4.28. The molecule has 1 rings (SSSR count). The fourth-order valence-corrected chi connectivity index (χ4v) is 2.00. The van der Waals surface area contributed by atoms with Crippen molar-refractivity contribution in [2.45, 2.75) is 18.8 Å². The molecule has 0 aromatic carbocycles. The highest BCUT2D eigenvalue weighted by atomic mass is 127. The third kappa shape index (κ3) is 2.14. The number of carbonyl (C=O) groups is 1. The van der Waals surface area contributed by atoms with E-state index in [1.54, 1.807) is 13.0 Å². The number of rotatable bonds is 4. The molecule has 0 bridgehead atoms. The highest BCUT2D eigenvalue weighted by Crippen LogP contribution is 2.30. The van der Waals surface area contributed by atoms with Crippen LogP contribution in [0.5, 0.6) is 0 Å². The van der Waals surface area contributed by atoms with Crippen molar-refractivity contribution in [1.29, 1.82) is 0 Å². The van der Waals surface area contributed by atoms with E-state index in [9.17, 15) is 4.79 Å². The molecule has 0 N–H and O–H groups in total. The Labute approximate surface area is 90.4 Å². The minimum atomic E-state index is -0.939. The molecule has 74 valence electrons. The van der Waals surface area contributed by atoms with Crippen molar-refractivity contribution in [3.63, 3.8) is 0 Å². The molecule has 1 fully saturated rings. The maximum atomic E-state index is 10.8. The lowest BCUT2D eigenvalue weighted by Gasteiger charge is -2.26. The average molecular weight is 298 g/mol. The zero-order valence-electron chi connectivity index (χ0n) is 7.29. The number of carbonyl (C=O) groups excluding carboxylic acids is 1. The van der Waals surface area contributed by atoms with Crippen molar-refractivity contribution in [2.24, 2.45) is 0 Å². The maximum Gasteiger partial charge on any atom is 0.511 e. The summed E-state index contributed by atoms with van der Waals surface area (Å²) in [5.41, 5.74) is 0. The molecule has 2 unspecified atom stereocenters. The molecule has 1 aliphatic rings. The molecule has 0 aromatic rings. The predicted molar refractivity (Wildman–Crippen MR) is 54.8 cm³/mol. The summed E-state index contributed by atoms with van der Waals surface area (Å²) in [6, 6.07) is 0. The van der Waals surface area contributed by atoms with Gasteiger partial charge in [0, 0.05) is 0 Å². The molecule has 4 nitrogen and oxygen atoms in total. The van der Waals surface area contributed by atoms with E-state index in [-0.39, 0.29) is 6.10 Å². The molecule has 2 atom stereocenters. The molecule has 0 amide bonds. The minimum Gasteiger partial charge on any atom is -0.424 e. The first-order valence-electron chi connectivity index (χ1n) is 3.85. The summed E-state index contributed by atoms with van der Waals surface area (Å²) in [6.07, 6.45) is 0.553. The van der Waals surface area contributed by atoms with Gasteiger partial charge in [0.15, 0.2) is 6.10 Å². The lowest BCUT2D eigenvalue weighted by Crippen LogP contribution is -2.43. The molecule has 13 heavy (non-hydrogen) atoms. The van der Waals surface area contributed by atoms with Gasteiger partial charge in [-0.05, 0) is 6.92 Å². The molecular weight excluding hydrogens is 287 g/mol. The predicted octanol–water partition coefficient (Wildman–Crippen LogP) is 1.88. The van der Waals surface area contributed by atoms with Crippen LogP contribution in [-0.2, 0) is 14.2 Å². The van der Waals surface area contributed by atoms with Gasteiger partial charge < -0.3 is 14.2 Å². The maximum absolute atomic E-state index is 10.8. The smallest absolute Gasteiger partial charge is 0.424 e. The van der Waals surface area contributed by atoms with E-state index in [1.165, 1.54) is 0 Å². The van der Waals surface area contributed by atoms with Crippen molar-refractivity contribution in [3.05, 3.63) is 12.7 Å². The van der Waals surface area contributed by atoms with E-state index in [0.29, 0.717) is 11.0 Å². The fraction of sp³-hybridized carbons (Fsp3) is 0.625. The summed E-state index contributed by atoms with van der Waals surface area (Å²) in [4.78, 5) is 10.8. The minimum absolute atomic E-state index is 0.337. The third-order valence-corrected chi connectivity index (χ3v) is 2.84. The Morgan fingerprint density at radius 1 is 1.85 bits per heavy atom. The summed E-state index contributed by atoms with van der Waals surface area (Å²) in [7, 11) is 0. The van der Waals surface area contributed by atoms with Gasteiger partial charge in [-0.25, -0.2) is 4.79 Å². The largest absolute Gasteiger partial charge is 0.511 e. The summed E-state index contributed by atoms with van der Waals surface area (Å²) in [6.45, 7) is 5.60. The number of ether oxygens (including phenoxy) is 3. The van der Waals surface area contributed by atoms with Gasteiger partial charge in [-0.2, -0.15) is 0 Å². The van der Waals surface area contributed by atoms with Crippen LogP contribution in [0.25, 0.3) is 0 Å².